The fourth-order valence-electron chi connectivity index (χ4n) is 3.63. The summed E-state index contributed by atoms with van der Waals surface area (Å²) >= 11 is 5.88. The van der Waals surface area contributed by atoms with Gasteiger partial charge in [0.1, 0.15) is 5.60 Å². The van der Waals surface area contributed by atoms with Gasteiger partial charge in [-0.05, 0) is 50.2 Å². The molecule has 1 aromatic heterocycles. The molecule has 5 heteroatoms. The smallest absolute Gasteiger partial charge is 0.109 e. The van der Waals surface area contributed by atoms with Crippen LogP contribution in [0.25, 0.3) is 0 Å². The molecule has 0 aromatic carbocycles. The first-order valence-corrected chi connectivity index (χ1v) is 9.48. The van der Waals surface area contributed by atoms with Crippen molar-refractivity contribution in [3.63, 3.8) is 0 Å². The van der Waals surface area contributed by atoms with Crippen LogP contribution in [0.4, 0.5) is 0 Å². The molecule has 1 saturated heterocycles. The van der Waals surface area contributed by atoms with Crippen molar-refractivity contribution in [3.05, 3.63) is 41.2 Å². The number of hydrogen-bond acceptors (Lipinski definition) is 4. The van der Waals surface area contributed by atoms with Crippen molar-refractivity contribution < 1.29 is 5.11 Å². The third-order valence-electron chi connectivity index (χ3n) is 5.25. The predicted molar refractivity (Wildman–Crippen MR) is 98.2 cm³/mol. The number of piperidine rings is 1. The van der Waals surface area contributed by atoms with Crippen LogP contribution in [-0.2, 0) is 5.60 Å². The molecule has 2 aliphatic rings. The summed E-state index contributed by atoms with van der Waals surface area (Å²) in [6, 6.07) is 3.65. The van der Waals surface area contributed by atoms with Crippen molar-refractivity contribution in [1.29, 1.82) is 0 Å². The fraction of sp³-hybridized carbons (Fsp3) is 0.632. The van der Waals surface area contributed by atoms with E-state index in [4.69, 9.17) is 11.6 Å². The zero-order valence-electron chi connectivity index (χ0n) is 14.3. The van der Waals surface area contributed by atoms with E-state index in [2.05, 4.69) is 27.4 Å². The molecule has 0 bridgehead atoms. The molecule has 1 aliphatic carbocycles. The second kappa shape index (κ2) is 8.43. The molecular formula is C19H28ClN3O. The van der Waals surface area contributed by atoms with Crippen LogP contribution in [0.3, 0.4) is 0 Å². The van der Waals surface area contributed by atoms with Gasteiger partial charge in [-0.25, -0.2) is 0 Å². The zero-order valence-corrected chi connectivity index (χ0v) is 15.0. The van der Waals surface area contributed by atoms with Gasteiger partial charge in [0.2, 0.25) is 0 Å². The number of nitrogens with zero attached hydrogens (tertiary/aromatic N) is 2. The summed E-state index contributed by atoms with van der Waals surface area (Å²) in [5, 5.41) is 15.0. The van der Waals surface area contributed by atoms with Crippen LogP contribution in [0, 0.1) is 5.92 Å². The van der Waals surface area contributed by atoms with Crippen molar-refractivity contribution in [2.24, 2.45) is 5.92 Å². The molecular weight excluding hydrogens is 322 g/mol. The number of pyridine rings is 1. The molecule has 1 aliphatic heterocycles. The molecule has 3 rings (SSSR count). The van der Waals surface area contributed by atoms with Crippen LogP contribution >= 0.6 is 11.6 Å². The lowest BCUT2D eigenvalue weighted by Gasteiger charge is -2.37. The molecule has 2 N–H and O–H groups in total. The van der Waals surface area contributed by atoms with Gasteiger partial charge in [0.25, 0.3) is 0 Å². The highest BCUT2D eigenvalue weighted by molar-refractivity contribution is 6.30. The molecule has 132 valence electrons. The Balaban J connectivity index is 1.38. The lowest BCUT2D eigenvalue weighted by atomic mass is 9.88. The molecule has 1 atom stereocenters. The summed E-state index contributed by atoms with van der Waals surface area (Å²) in [6.07, 6.45) is 11.6. The van der Waals surface area contributed by atoms with Gasteiger partial charge < -0.3 is 15.3 Å². The summed E-state index contributed by atoms with van der Waals surface area (Å²) < 4.78 is 0. The number of aromatic nitrogens is 1. The Morgan fingerprint density at radius 2 is 2.17 bits per heavy atom. The zero-order chi connectivity index (χ0) is 16.8. The number of nitrogens with one attached hydrogen (secondary N) is 1. The van der Waals surface area contributed by atoms with Crippen molar-refractivity contribution >= 4 is 11.6 Å². The topological polar surface area (TPSA) is 48.4 Å². The first kappa shape index (κ1) is 17.9. The van der Waals surface area contributed by atoms with Gasteiger partial charge in [-0.1, -0.05) is 23.8 Å². The highest BCUT2D eigenvalue weighted by atomic mass is 35.5. The van der Waals surface area contributed by atoms with Gasteiger partial charge in [0.15, 0.2) is 0 Å². The van der Waals surface area contributed by atoms with Crippen molar-refractivity contribution in [2.75, 3.05) is 32.7 Å². The molecule has 1 aromatic rings. The Labute approximate surface area is 149 Å². The molecule has 24 heavy (non-hydrogen) atoms. The monoisotopic (exact) mass is 349 g/mol. The molecule has 0 amide bonds. The van der Waals surface area contributed by atoms with Crippen LogP contribution in [0.2, 0.25) is 5.02 Å². The molecule has 0 radical (unpaired) electrons. The summed E-state index contributed by atoms with van der Waals surface area (Å²) in [4.78, 5) is 6.73. The van der Waals surface area contributed by atoms with Crippen molar-refractivity contribution in [2.45, 2.75) is 37.7 Å². The summed E-state index contributed by atoms with van der Waals surface area (Å²) in [6.45, 7) is 4.96. The van der Waals surface area contributed by atoms with E-state index >= 15 is 0 Å². The normalized spacial score (nSPS) is 24.2. The van der Waals surface area contributed by atoms with Gasteiger partial charge in [0.05, 0.1) is 10.7 Å². The minimum absolute atomic E-state index is 0.610. The van der Waals surface area contributed by atoms with Crippen LogP contribution in [0.15, 0.2) is 30.5 Å². The average Bonchev–Trinajstić information content (AvgIpc) is 2.62. The Kier molecular flexibility index (Phi) is 6.28. The van der Waals surface area contributed by atoms with E-state index in [1.54, 1.807) is 12.3 Å². The highest BCUT2D eigenvalue weighted by Gasteiger charge is 2.34. The summed E-state index contributed by atoms with van der Waals surface area (Å²) in [5.41, 5.74) is -0.0599. The molecule has 2 heterocycles. The van der Waals surface area contributed by atoms with E-state index in [0.29, 0.717) is 10.9 Å². The number of rotatable bonds is 6. The number of halogens is 1. The van der Waals surface area contributed by atoms with Crippen molar-refractivity contribution in [3.8, 4) is 0 Å². The maximum Gasteiger partial charge on any atom is 0.109 e. The highest BCUT2D eigenvalue weighted by Crippen LogP contribution is 2.31. The van der Waals surface area contributed by atoms with Crippen molar-refractivity contribution in [1.82, 2.24) is 15.2 Å². The lowest BCUT2D eigenvalue weighted by molar-refractivity contribution is -0.0289. The SMILES string of the molecule is OC1(c2ccc(Cl)cn2)CCN(CCNCC2C=CCCC2)CC1. The second-order valence-electron chi connectivity index (χ2n) is 7.06. The van der Waals surface area contributed by atoms with E-state index in [1.165, 1.54) is 19.3 Å². The van der Waals surface area contributed by atoms with Gasteiger partial charge in [0, 0.05) is 38.9 Å². The molecule has 1 unspecified atom stereocenters. The lowest BCUT2D eigenvalue weighted by Crippen LogP contribution is -2.45. The Morgan fingerprint density at radius 1 is 1.33 bits per heavy atom. The van der Waals surface area contributed by atoms with E-state index < -0.39 is 5.60 Å². The van der Waals surface area contributed by atoms with E-state index in [9.17, 15) is 5.11 Å². The van der Waals surface area contributed by atoms with Crippen LogP contribution < -0.4 is 5.32 Å². The Bertz CT molecular complexity index is 538. The first-order valence-electron chi connectivity index (χ1n) is 9.10. The van der Waals surface area contributed by atoms with Crippen LogP contribution in [0.5, 0.6) is 0 Å². The van der Waals surface area contributed by atoms with E-state index in [1.807, 2.05) is 6.07 Å². The minimum atomic E-state index is -0.804. The number of allylic oxidation sites excluding steroid dienone is 1. The minimum Gasteiger partial charge on any atom is -0.383 e. The molecule has 4 nitrogen and oxygen atoms in total. The fourth-order valence-corrected chi connectivity index (χ4v) is 3.74. The third kappa shape index (κ3) is 4.79. The largest absolute Gasteiger partial charge is 0.383 e. The summed E-state index contributed by atoms with van der Waals surface area (Å²) in [5.74, 6) is 0.709. The predicted octanol–water partition coefficient (Wildman–Crippen LogP) is 2.96. The van der Waals surface area contributed by atoms with Gasteiger partial charge in [-0.15, -0.1) is 0 Å². The number of aliphatic hydroxyl groups is 1. The quantitative estimate of drug-likeness (QED) is 0.612. The molecule has 0 spiro atoms. The average molecular weight is 350 g/mol. The second-order valence-corrected chi connectivity index (χ2v) is 7.49. The van der Waals surface area contributed by atoms with Gasteiger partial charge in [-0.2, -0.15) is 0 Å². The maximum atomic E-state index is 10.8. The standard InChI is InChI=1S/C19H28ClN3O/c20-17-6-7-18(22-15-17)19(24)8-11-23(12-9-19)13-10-21-14-16-4-2-1-3-5-16/h2,4,6-7,15-16,21,24H,1,3,5,8-14H2. The van der Waals surface area contributed by atoms with Gasteiger partial charge >= 0.3 is 0 Å². The number of hydrogen-bond donors (Lipinski definition) is 2. The molecule has 0 saturated carbocycles. The Morgan fingerprint density at radius 3 is 2.83 bits per heavy atom. The summed E-state index contributed by atoms with van der Waals surface area (Å²) in [7, 11) is 0. The third-order valence-corrected chi connectivity index (χ3v) is 5.48. The Hall–Kier alpha value is -0.940. The van der Waals surface area contributed by atoms with Gasteiger partial charge in [-0.3, -0.25) is 4.98 Å². The van der Waals surface area contributed by atoms with E-state index in [-0.39, 0.29) is 0 Å². The maximum absolute atomic E-state index is 10.8. The first-order chi connectivity index (χ1) is 11.7. The van der Waals surface area contributed by atoms with E-state index in [0.717, 1.165) is 51.3 Å². The van der Waals surface area contributed by atoms with Crippen LogP contribution in [-0.4, -0.2) is 47.7 Å². The number of likely N-dealkylation sites (tertiary alicyclic amines) is 1. The van der Waals surface area contributed by atoms with Crippen LogP contribution in [0.1, 0.15) is 37.8 Å². The molecule has 1 fully saturated rings.